The number of aromatic nitrogens is 2. The topological polar surface area (TPSA) is 63.8 Å². The largest absolute Gasteiger partial charge is 0.350 e. The first-order valence-corrected chi connectivity index (χ1v) is 6.94. The van der Waals surface area contributed by atoms with Gasteiger partial charge in [-0.15, -0.1) is 0 Å². The van der Waals surface area contributed by atoms with Crippen LogP contribution in [0, 0.1) is 6.92 Å². The fourth-order valence-corrected chi connectivity index (χ4v) is 2.46. The summed E-state index contributed by atoms with van der Waals surface area (Å²) in [6.45, 7) is 6.31. The van der Waals surface area contributed by atoms with Crippen LogP contribution in [-0.2, 0) is 0 Å². The molecule has 1 heterocycles. The number of rotatable bonds is 3. The molecule has 4 heteroatoms. The number of aryl methyl sites for hydroxylation is 1. The maximum atomic E-state index is 6.14. The van der Waals surface area contributed by atoms with Gasteiger partial charge in [-0.05, 0) is 31.7 Å². The van der Waals surface area contributed by atoms with Crippen molar-refractivity contribution in [2.45, 2.75) is 64.5 Å². The van der Waals surface area contributed by atoms with Crippen molar-refractivity contribution in [3.05, 3.63) is 17.5 Å². The number of nitrogens with two attached hydrogens (primary N) is 1. The van der Waals surface area contributed by atoms with Gasteiger partial charge in [0.2, 0.25) is 5.95 Å². The van der Waals surface area contributed by atoms with Gasteiger partial charge in [0.25, 0.3) is 0 Å². The van der Waals surface area contributed by atoms with Crippen LogP contribution in [0.15, 0.2) is 6.07 Å². The molecule has 1 aromatic rings. The summed E-state index contributed by atoms with van der Waals surface area (Å²) in [4.78, 5) is 9.05. The van der Waals surface area contributed by atoms with Gasteiger partial charge in [0.1, 0.15) is 0 Å². The van der Waals surface area contributed by atoms with Crippen LogP contribution in [0.25, 0.3) is 0 Å². The zero-order valence-electron chi connectivity index (χ0n) is 11.6. The van der Waals surface area contributed by atoms with Gasteiger partial charge in [0.15, 0.2) is 0 Å². The predicted octanol–water partition coefficient (Wildman–Crippen LogP) is 2.59. The summed E-state index contributed by atoms with van der Waals surface area (Å²) in [5.41, 5.74) is 8.25. The summed E-state index contributed by atoms with van der Waals surface area (Å²) in [5.74, 6) is 1.16. The molecule has 1 fully saturated rings. The highest BCUT2D eigenvalue weighted by Crippen LogP contribution is 2.21. The second-order valence-electron chi connectivity index (χ2n) is 5.61. The minimum absolute atomic E-state index is 0.227. The summed E-state index contributed by atoms with van der Waals surface area (Å²) < 4.78 is 0. The van der Waals surface area contributed by atoms with E-state index in [2.05, 4.69) is 35.2 Å². The zero-order chi connectivity index (χ0) is 13.1. The maximum absolute atomic E-state index is 6.14. The van der Waals surface area contributed by atoms with Crippen molar-refractivity contribution in [1.82, 2.24) is 9.97 Å². The van der Waals surface area contributed by atoms with E-state index in [0.29, 0.717) is 12.0 Å². The Balaban J connectivity index is 2.12. The van der Waals surface area contributed by atoms with E-state index in [1.807, 2.05) is 6.92 Å². The normalized spacial score (nSPS) is 24.3. The van der Waals surface area contributed by atoms with Crippen LogP contribution in [0.4, 0.5) is 5.95 Å². The SMILES string of the molecule is Cc1cc(C(C)C)nc(NC2CCCCC2N)n1. The molecule has 100 valence electrons. The molecule has 0 saturated heterocycles. The Labute approximate surface area is 109 Å². The van der Waals surface area contributed by atoms with E-state index < -0.39 is 0 Å². The first kappa shape index (κ1) is 13.3. The minimum atomic E-state index is 0.227. The van der Waals surface area contributed by atoms with E-state index in [1.165, 1.54) is 12.8 Å². The standard InChI is InChI=1S/C14H24N4/c1-9(2)13-8-10(3)16-14(18-13)17-12-7-5-4-6-11(12)15/h8-9,11-12H,4-7,15H2,1-3H3,(H,16,17,18). The average molecular weight is 248 g/mol. The quantitative estimate of drug-likeness (QED) is 0.863. The van der Waals surface area contributed by atoms with Crippen LogP contribution in [0.3, 0.4) is 0 Å². The van der Waals surface area contributed by atoms with Gasteiger partial charge >= 0.3 is 0 Å². The van der Waals surface area contributed by atoms with E-state index in [1.54, 1.807) is 0 Å². The van der Waals surface area contributed by atoms with Crippen LogP contribution in [0.2, 0.25) is 0 Å². The fraction of sp³-hybridized carbons (Fsp3) is 0.714. The Morgan fingerprint density at radius 1 is 1.28 bits per heavy atom. The third-order valence-electron chi connectivity index (χ3n) is 3.60. The van der Waals surface area contributed by atoms with Gasteiger partial charge in [-0.3, -0.25) is 0 Å². The molecule has 0 amide bonds. The highest BCUT2D eigenvalue weighted by molar-refractivity contribution is 5.31. The Morgan fingerprint density at radius 2 is 2.00 bits per heavy atom. The molecule has 0 radical (unpaired) electrons. The van der Waals surface area contributed by atoms with E-state index >= 15 is 0 Å². The minimum Gasteiger partial charge on any atom is -0.350 e. The summed E-state index contributed by atoms with van der Waals surface area (Å²) in [6, 6.07) is 2.60. The van der Waals surface area contributed by atoms with Gasteiger partial charge in [-0.25, -0.2) is 9.97 Å². The molecule has 1 aliphatic rings. The molecule has 4 nitrogen and oxygen atoms in total. The smallest absolute Gasteiger partial charge is 0.223 e. The number of nitrogens with zero attached hydrogens (tertiary/aromatic N) is 2. The van der Waals surface area contributed by atoms with Gasteiger partial charge in [-0.1, -0.05) is 26.7 Å². The van der Waals surface area contributed by atoms with Crippen molar-refractivity contribution in [2.75, 3.05) is 5.32 Å². The summed E-state index contributed by atoms with van der Waals surface area (Å²) in [5, 5.41) is 3.42. The second-order valence-corrected chi connectivity index (χ2v) is 5.61. The highest BCUT2D eigenvalue weighted by atomic mass is 15.1. The molecule has 0 aliphatic heterocycles. The number of nitrogens with one attached hydrogen (secondary N) is 1. The van der Waals surface area contributed by atoms with E-state index in [0.717, 1.165) is 30.2 Å². The lowest BCUT2D eigenvalue weighted by molar-refractivity contribution is 0.402. The van der Waals surface area contributed by atoms with Crippen molar-refractivity contribution in [3.63, 3.8) is 0 Å². The molecular formula is C14H24N4. The number of hydrogen-bond acceptors (Lipinski definition) is 4. The first-order chi connectivity index (χ1) is 8.56. The molecule has 1 aromatic heterocycles. The number of anilines is 1. The van der Waals surface area contributed by atoms with Gasteiger partial charge in [-0.2, -0.15) is 0 Å². The Kier molecular flexibility index (Phi) is 4.17. The summed E-state index contributed by atoms with van der Waals surface area (Å²) >= 11 is 0. The lowest BCUT2D eigenvalue weighted by Gasteiger charge is -2.29. The van der Waals surface area contributed by atoms with Crippen molar-refractivity contribution in [2.24, 2.45) is 5.73 Å². The zero-order valence-corrected chi connectivity index (χ0v) is 11.6. The van der Waals surface area contributed by atoms with Crippen LogP contribution >= 0.6 is 0 Å². The van der Waals surface area contributed by atoms with Crippen molar-refractivity contribution in [3.8, 4) is 0 Å². The lowest BCUT2D eigenvalue weighted by atomic mass is 9.91. The lowest BCUT2D eigenvalue weighted by Crippen LogP contribution is -2.43. The molecular weight excluding hydrogens is 224 g/mol. The number of hydrogen-bond donors (Lipinski definition) is 2. The Bertz CT molecular complexity index is 403. The third-order valence-corrected chi connectivity index (χ3v) is 3.60. The van der Waals surface area contributed by atoms with Crippen LogP contribution in [-0.4, -0.2) is 22.1 Å². The molecule has 0 spiro atoms. The van der Waals surface area contributed by atoms with Crippen molar-refractivity contribution >= 4 is 5.95 Å². The predicted molar refractivity (Wildman–Crippen MR) is 74.7 cm³/mol. The van der Waals surface area contributed by atoms with E-state index in [-0.39, 0.29) is 6.04 Å². The molecule has 1 aliphatic carbocycles. The molecule has 3 N–H and O–H groups in total. The second kappa shape index (κ2) is 5.65. The van der Waals surface area contributed by atoms with Gasteiger partial charge in [0, 0.05) is 23.5 Å². The molecule has 2 rings (SSSR count). The molecule has 0 bridgehead atoms. The molecule has 18 heavy (non-hydrogen) atoms. The van der Waals surface area contributed by atoms with Crippen molar-refractivity contribution < 1.29 is 0 Å². The summed E-state index contributed by atoms with van der Waals surface area (Å²) in [7, 11) is 0. The highest BCUT2D eigenvalue weighted by Gasteiger charge is 2.22. The van der Waals surface area contributed by atoms with Crippen LogP contribution in [0.5, 0.6) is 0 Å². The Hall–Kier alpha value is -1.16. The fourth-order valence-electron chi connectivity index (χ4n) is 2.46. The molecule has 2 unspecified atom stereocenters. The van der Waals surface area contributed by atoms with Gasteiger partial charge in [0.05, 0.1) is 0 Å². The molecule has 2 atom stereocenters. The van der Waals surface area contributed by atoms with Gasteiger partial charge < -0.3 is 11.1 Å². The molecule has 1 saturated carbocycles. The van der Waals surface area contributed by atoms with E-state index in [4.69, 9.17) is 5.73 Å². The summed E-state index contributed by atoms with van der Waals surface area (Å²) in [6.07, 6.45) is 4.70. The van der Waals surface area contributed by atoms with Crippen LogP contribution < -0.4 is 11.1 Å². The third kappa shape index (κ3) is 3.19. The van der Waals surface area contributed by atoms with E-state index in [9.17, 15) is 0 Å². The Morgan fingerprint density at radius 3 is 2.67 bits per heavy atom. The first-order valence-electron chi connectivity index (χ1n) is 6.94. The maximum Gasteiger partial charge on any atom is 0.223 e. The molecule has 0 aromatic carbocycles. The monoisotopic (exact) mass is 248 g/mol. The van der Waals surface area contributed by atoms with Crippen LogP contribution in [0.1, 0.15) is 56.8 Å². The van der Waals surface area contributed by atoms with Crippen molar-refractivity contribution in [1.29, 1.82) is 0 Å². The average Bonchev–Trinajstić information content (AvgIpc) is 2.31.